The number of rotatable bonds is 8. The summed E-state index contributed by atoms with van der Waals surface area (Å²) in [5.41, 5.74) is 3.26. The number of hydrogen-bond donors (Lipinski definition) is 1. The van der Waals surface area contributed by atoms with Crippen LogP contribution in [-0.2, 0) is 13.1 Å². The van der Waals surface area contributed by atoms with Gasteiger partial charge in [0.1, 0.15) is 5.75 Å². The van der Waals surface area contributed by atoms with Crippen molar-refractivity contribution in [2.24, 2.45) is 0 Å². The number of aliphatic hydroxyl groups excluding tert-OH is 1. The van der Waals surface area contributed by atoms with Crippen molar-refractivity contribution in [3.8, 4) is 29.6 Å². The first-order valence-electron chi connectivity index (χ1n) is 11.3. The number of halogens is 1. The van der Waals surface area contributed by atoms with Crippen LogP contribution < -0.4 is 14.2 Å². The summed E-state index contributed by atoms with van der Waals surface area (Å²) in [4.78, 5) is 2.36. The molecule has 1 aromatic heterocycles. The number of likely N-dealkylation sites (tertiary alicyclic amines) is 1. The molecule has 3 aromatic rings. The number of fused-ring (bicyclic) bond motifs is 2. The maximum Gasteiger partial charge on any atom is 0.231 e. The molecule has 1 atom stereocenters. The van der Waals surface area contributed by atoms with Crippen molar-refractivity contribution in [2.45, 2.75) is 38.4 Å². The van der Waals surface area contributed by atoms with Crippen LogP contribution in [0, 0.1) is 12.3 Å². The SMILES string of the molecule is C#CCCOc1ccc2c(c1)c(CN1CCC[C@H]1CO)cn2Cc1cc2c(cc1Cl)OCO2. The zero-order valence-corrected chi connectivity index (χ0v) is 19.2. The molecule has 0 amide bonds. The van der Waals surface area contributed by atoms with Crippen molar-refractivity contribution in [3.05, 3.63) is 52.7 Å². The topological polar surface area (TPSA) is 56.1 Å². The highest BCUT2D eigenvalue weighted by Gasteiger charge is 2.25. The van der Waals surface area contributed by atoms with Crippen LogP contribution in [0.5, 0.6) is 17.2 Å². The van der Waals surface area contributed by atoms with E-state index in [1.54, 1.807) is 0 Å². The Morgan fingerprint density at radius 1 is 1.15 bits per heavy atom. The molecule has 172 valence electrons. The molecule has 6 nitrogen and oxygen atoms in total. The third-order valence-electron chi connectivity index (χ3n) is 6.42. The molecule has 3 heterocycles. The molecule has 0 spiro atoms. The lowest BCUT2D eigenvalue weighted by atomic mass is 10.1. The number of aliphatic hydroxyl groups is 1. The smallest absolute Gasteiger partial charge is 0.231 e. The van der Waals surface area contributed by atoms with Crippen LogP contribution in [0.15, 0.2) is 36.5 Å². The summed E-state index contributed by atoms with van der Waals surface area (Å²) in [5, 5.41) is 11.6. The number of hydrogen-bond acceptors (Lipinski definition) is 5. The monoisotopic (exact) mass is 466 g/mol. The van der Waals surface area contributed by atoms with Gasteiger partial charge < -0.3 is 23.9 Å². The van der Waals surface area contributed by atoms with Gasteiger partial charge in [-0.2, -0.15) is 0 Å². The van der Waals surface area contributed by atoms with Crippen molar-refractivity contribution in [3.63, 3.8) is 0 Å². The standard InChI is InChI=1S/C26H27ClN2O4/c1-2-3-9-31-21-6-7-24-22(11-21)19(14-28-8-4-5-20(28)16-30)15-29(24)13-18-10-25-26(12-23(18)27)33-17-32-25/h1,6-7,10-12,15,20,30H,3-5,8-9,13-14,16-17H2/t20-/m0/s1. The summed E-state index contributed by atoms with van der Waals surface area (Å²) in [6.07, 6.45) is 10.3. The maximum atomic E-state index is 9.78. The molecule has 2 aliphatic rings. The van der Waals surface area contributed by atoms with Gasteiger partial charge >= 0.3 is 0 Å². The number of nitrogens with zero attached hydrogens (tertiary/aromatic N) is 2. The number of aromatic nitrogens is 1. The van der Waals surface area contributed by atoms with Gasteiger partial charge in [-0.15, -0.1) is 12.3 Å². The molecule has 7 heteroatoms. The molecule has 2 aromatic carbocycles. The van der Waals surface area contributed by atoms with Gasteiger partial charge in [-0.05, 0) is 54.8 Å². The lowest BCUT2D eigenvalue weighted by Crippen LogP contribution is -2.31. The minimum atomic E-state index is 0.186. The second-order valence-electron chi connectivity index (χ2n) is 8.51. The van der Waals surface area contributed by atoms with Crippen LogP contribution in [0.3, 0.4) is 0 Å². The highest BCUT2D eigenvalue weighted by Crippen LogP contribution is 2.38. The molecule has 1 N–H and O–H groups in total. The average Bonchev–Trinajstić information content (AvgIpc) is 3.54. The van der Waals surface area contributed by atoms with Gasteiger partial charge in [-0.3, -0.25) is 4.90 Å². The van der Waals surface area contributed by atoms with Gasteiger partial charge in [0.2, 0.25) is 6.79 Å². The van der Waals surface area contributed by atoms with E-state index >= 15 is 0 Å². The number of terminal acetylenes is 1. The first kappa shape index (κ1) is 22.0. The second-order valence-corrected chi connectivity index (χ2v) is 8.92. The summed E-state index contributed by atoms with van der Waals surface area (Å²) in [6.45, 7) is 3.26. The molecular weight excluding hydrogens is 440 g/mol. The minimum Gasteiger partial charge on any atom is -0.493 e. The molecule has 1 fully saturated rings. The zero-order valence-electron chi connectivity index (χ0n) is 18.4. The Kier molecular flexibility index (Phi) is 6.37. The normalized spacial score (nSPS) is 17.5. The zero-order chi connectivity index (χ0) is 22.8. The van der Waals surface area contributed by atoms with Crippen LogP contribution in [-0.4, -0.2) is 47.2 Å². The number of ether oxygens (including phenoxy) is 3. The molecule has 0 radical (unpaired) electrons. The van der Waals surface area contributed by atoms with Crippen molar-refractivity contribution >= 4 is 22.5 Å². The predicted molar refractivity (Wildman–Crippen MR) is 128 cm³/mol. The van der Waals surface area contributed by atoms with Crippen LogP contribution in [0.2, 0.25) is 5.02 Å². The van der Waals surface area contributed by atoms with Gasteiger partial charge in [0.25, 0.3) is 0 Å². The van der Waals surface area contributed by atoms with E-state index in [2.05, 4.69) is 33.7 Å². The van der Waals surface area contributed by atoms with E-state index in [4.69, 9.17) is 32.2 Å². The first-order chi connectivity index (χ1) is 16.2. The molecule has 1 saturated heterocycles. The Labute approximate surface area is 198 Å². The highest BCUT2D eigenvalue weighted by molar-refractivity contribution is 6.31. The molecule has 2 aliphatic heterocycles. The average molecular weight is 467 g/mol. The van der Waals surface area contributed by atoms with E-state index in [-0.39, 0.29) is 19.4 Å². The summed E-state index contributed by atoms with van der Waals surface area (Å²) >= 11 is 6.57. The van der Waals surface area contributed by atoms with Crippen LogP contribution in [0.4, 0.5) is 0 Å². The van der Waals surface area contributed by atoms with Gasteiger partial charge in [0.05, 0.1) is 13.2 Å². The third-order valence-corrected chi connectivity index (χ3v) is 6.77. The van der Waals surface area contributed by atoms with Crippen LogP contribution in [0.1, 0.15) is 30.4 Å². The van der Waals surface area contributed by atoms with Crippen molar-refractivity contribution in [1.82, 2.24) is 9.47 Å². The van der Waals surface area contributed by atoms with E-state index in [1.165, 1.54) is 5.56 Å². The van der Waals surface area contributed by atoms with E-state index in [0.717, 1.165) is 53.9 Å². The fourth-order valence-corrected chi connectivity index (χ4v) is 4.93. The predicted octanol–water partition coefficient (Wildman–Crippen LogP) is 4.43. The van der Waals surface area contributed by atoms with Gasteiger partial charge in [0.15, 0.2) is 11.5 Å². The highest BCUT2D eigenvalue weighted by atomic mass is 35.5. The fourth-order valence-electron chi connectivity index (χ4n) is 4.72. The van der Waals surface area contributed by atoms with Crippen LogP contribution in [0.25, 0.3) is 10.9 Å². The summed E-state index contributed by atoms with van der Waals surface area (Å²) in [5.74, 6) is 4.81. The molecule has 0 unspecified atom stereocenters. The fraction of sp³-hybridized carbons (Fsp3) is 0.385. The Balaban J connectivity index is 1.49. The molecule has 0 aliphatic carbocycles. The third kappa shape index (κ3) is 4.49. The van der Waals surface area contributed by atoms with Crippen LogP contribution >= 0.6 is 11.6 Å². The van der Waals surface area contributed by atoms with Crippen molar-refractivity contribution in [2.75, 3.05) is 26.6 Å². The van der Waals surface area contributed by atoms with E-state index in [0.29, 0.717) is 30.3 Å². The first-order valence-corrected chi connectivity index (χ1v) is 11.6. The Morgan fingerprint density at radius 2 is 2.00 bits per heavy atom. The largest absolute Gasteiger partial charge is 0.493 e. The Bertz CT molecular complexity index is 1200. The van der Waals surface area contributed by atoms with E-state index in [9.17, 15) is 5.11 Å². The molecule has 0 saturated carbocycles. The molecular formula is C26H27ClN2O4. The van der Waals surface area contributed by atoms with Crippen molar-refractivity contribution in [1.29, 1.82) is 0 Å². The van der Waals surface area contributed by atoms with E-state index in [1.807, 2.05) is 18.2 Å². The van der Waals surface area contributed by atoms with E-state index < -0.39 is 0 Å². The summed E-state index contributed by atoms with van der Waals surface area (Å²) < 4.78 is 19.1. The quantitative estimate of drug-likeness (QED) is 0.393. The maximum absolute atomic E-state index is 9.78. The molecule has 0 bridgehead atoms. The Morgan fingerprint density at radius 3 is 2.82 bits per heavy atom. The molecule has 33 heavy (non-hydrogen) atoms. The van der Waals surface area contributed by atoms with Crippen molar-refractivity contribution < 1.29 is 19.3 Å². The summed E-state index contributed by atoms with van der Waals surface area (Å²) in [6, 6.07) is 10.1. The summed E-state index contributed by atoms with van der Waals surface area (Å²) in [7, 11) is 0. The number of benzene rings is 2. The van der Waals surface area contributed by atoms with Gasteiger partial charge in [0, 0.05) is 53.7 Å². The lowest BCUT2D eigenvalue weighted by molar-refractivity contribution is 0.154. The second kappa shape index (κ2) is 9.56. The van der Waals surface area contributed by atoms with Gasteiger partial charge in [-0.25, -0.2) is 0 Å². The molecule has 5 rings (SSSR count). The Hall–Kier alpha value is -2.85. The minimum absolute atomic E-state index is 0.186. The lowest BCUT2D eigenvalue weighted by Gasteiger charge is -2.22. The van der Waals surface area contributed by atoms with Gasteiger partial charge in [-0.1, -0.05) is 11.6 Å².